The lowest BCUT2D eigenvalue weighted by atomic mass is 9.61. The summed E-state index contributed by atoms with van der Waals surface area (Å²) in [7, 11) is 0. The Morgan fingerprint density at radius 1 is 0.963 bits per heavy atom. The van der Waals surface area contributed by atoms with Gasteiger partial charge in [-0.1, -0.05) is 71.9 Å². The number of carbonyl (C=O) groups excluding carboxylic acids is 1. The summed E-state index contributed by atoms with van der Waals surface area (Å²) >= 11 is 1.90. The van der Waals surface area contributed by atoms with Crippen LogP contribution in [0.25, 0.3) is 10.8 Å². The van der Waals surface area contributed by atoms with E-state index in [4.69, 9.17) is 4.74 Å². The molecule has 2 rings (SSSR count). The molecule has 1 unspecified atom stereocenters. The van der Waals surface area contributed by atoms with E-state index in [-0.39, 0.29) is 16.1 Å². The molecule has 0 spiro atoms. The van der Waals surface area contributed by atoms with Crippen molar-refractivity contribution in [1.82, 2.24) is 0 Å². The molecule has 2 aromatic rings. The second kappa shape index (κ2) is 8.26. The van der Waals surface area contributed by atoms with Crippen LogP contribution in [0.2, 0.25) is 0 Å². The number of hydrogen-bond donors (Lipinski definition) is 0. The van der Waals surface area contributed by atoms with Gasteiger partial charge in [0.2, 0.25) is 0 Å². The highest BCUT2D eigenvalue weighted by molar-refractivity contribution is 8.00. The first-order valence-corrected chi connectivity index (χ1v) is 10.9. The molecule has 0 aliphatic rings. The standard InChI is InChI=1S/C24H34O2S/c1-8-22(3,4)24(7,17-23(5,6)27-9-2)21(25)26-20-15-14-18-12-10-11-13-19(18)16-20/h10-16H,8-9,17H2,1-7H3. The topological polar surface area (TPSA) is 26.3 Å². The van der Waals surface area contributed by atoms with Crippen molar-refractivity contribution >= 4 is 28.5 Å². The Morgan fingerprint density at radius 3 is 2.19 bits per heavy atom. The van der Waals surface area contributed by atoms with Gasteiger partial charge in [-0.15, -0.1) is 0 Å². The first kappa shape index (κ1) is 21.8. The average Bonchev–Trinajstić information content (AvgIpc) is 2.60. The van der Waals surface area contributed by atoms with E-state index in [1.54, 1.807) is 0 Å². The summed E-state index contributed by atoms with van der Waals surface area (Å²) in [6.45, 7) is 15.2. The Bertz CT molecular complexity index is 794. The summed E-state index contributed by atoms with van der Waals surface area (Å²) in [5.41, 5.74) is -0.731. The number of ether oxygens (including phenoxy) is 1. The van der Waals surface area contributed by atoms with E-state index < -0.39 is 5.41 Å². The van der Waals surface area contributed by atoms with Crippen molar-refractivity contribution in [3.8, 4) is 5.75 Å². The van der Waals surface area contributed by atoms with Crippen LogP contribution in [0.3, 0.4) is 0 Å². The Labute approximate surface area is 169 Å². The van der Waals surface area contributed by atoms with Gasteiger partial charge in [0.05, 0.1) is 5.41 Å². The Balaban J connectivity index is 2.34. The minimum absolute atomic E-state index is 0.0122. The molecule has 2 aromatic carbocycles. The van der Waals surface area contributed by atoms with Crippen LogP contribution >= 0.6 is 11.8 Å². The molecule has 3 heteroatoms. The Morgan fingerprint density at radius 2 is 1.59 bits per heavy atom. The highest BCUT2D eigenvalue weighted by Gasteiger charge is 2.50. The van der Waals surface area contributed by atoms with Gasteiger partial charge in [0.1, 0.15) is 5.75 Å². The normalized spacial score (nSPS) is 14.8. The summed E-state index contributed by atoms with van der Waals surface area (Å²) in [6.07, 6.45) is 1.70. The molecule has 1 atom stereocenters. The van der Waals surface area contributed by atoms with Crippen LogP contribution in [-0.2, 0) is 4.79 Å². The zero-order valence-corrected chi connectivity index (χ0v) is 18.7. The third-order valence-electron chi connectivity index (χ3n) is 6.07. The maximum absolute atomic E-state index is 13.4. The number of carbonyl (C=O) groups is 1. The predicted octanol–water partition coefficient (Wildman–Crippen LogP) is 7.11. The van der Waals surface area contributed by atoms with E-state index in [0.717, 1.165) is 29.4 Å². The number of benzene rings is 2. The van der Waals surface area contributed by atoms with Crippen LogP contribution in [0.15, 0.2) is 42.5 Å². The maximum Gasteiger partial charge on any atom is 0.317 e. The summed E-state index contributed by atoms with van der Waals surface area (Å²) < 4.78 is 5.96. The molecule has 0 aromatic heterocycles. The van der Waals surface area contributed by atoms with Crippen molar-refractivity contribution < 1.29 is 9.53 Å². The van der Waals surface area contributed by atoms with Crippen LogP contribution in [0.5, 0.6) is 5.75 Å². The van der Waals surface area contributed by atoms with E-state index in [1.807, 2.05) is 48.2 Å². The fourth-order valence-electron chi connectivity index (χ4n) is 3.72. The van der Waals surface area contributed by atoms with E-state index in [9.17, 15) is 4.79 Å². The molecule has 0 radical (unpaired) electrons. The van der Waals surface area contributed by atoms with Crippen molar-refractivity contribution in [3.63, 3.8) is 0 Å². The van der Waals surface area contributed by atoms with Gasteiger partial charge in [-0.25, -0.2) is 0 Å². The van der Waals surface area contributed by atoms with Gasteiger partial charge in [-0.3, -0.25) is 4.79 Å². The third kappa shape index (κ3) is 4.87. The van der Waals surface area contributed by atoms with E-state index >= 15 is 0 Å². The molecule has 27 heavy (non-hydrogen) atoms. The molecular formula is C24H34O2S. The fourth-order valence-corrected chi connectivity index (χ4v) is 4.89. The zero-order valence-electron chi connectivity index (χ0n) is 17.9. The van der Waals surface area contributed by atoms with Gasteiger partial charge in [0, 0.05) is 4.75 Å². The van der Waals surface area contributed by atoms with Gasteiger partial charge in [-0.2, -0.15) is 11.8 Å². The first-order chi connectivity index (χ1) is 12.5. The third-order valence-corrected chi connectivity index (χ3v) is 7.29. The van der Waals surface area contributed by atoms with E-state index in [0.29, 0.717) is 5.75 Å². The first-order valence-electron chi connectivity index (χ1n) is 9.90. The average molecular weight is 387 g/mol. The van der Waals surface area contributed by atoms with Crippen LogP contribution in [0.1, 0.15) is 61.3 Å². The molecule has 0 saturated carbocycles. The van der Waals surface area contributed by atoms with E-state index in [2.05, 4.69) is 54.5 Å². The van der Waals surface area contributed by atoms with Gasteiger partial charge in [-0.05, 0) is 53.8 Å². The molecule has 0 bridgehead atoms. The Hall–Kier alpha value is -1.48. The number of rotatable bonds is 8. The lowest BCUT2D eigenvalue weighted by Gasteiger charge is -2.45. The summed E-state index contributed by atoms with van der Waals surface area (Å²) in [4.78, 5) is 13.4. The smallest absolute Gasteiger partial charge is 0.317 e. The van der Waals surface area contributed by atoms with Crippen molar-refractivity contribution in [2.75, 3.05) is 5.75 Å². The quantitative estimate of drug-likeness (QED) is 0.357. The summed E-state index contributed by atoms with van der Waals surface area (Å²) in [6, 6.07) is 14.0. The number of thioether (sulfide) groups is 1. The van der Waals surface area contributed by atoms with Crippen molar-refractivity contribution in [2.45, 2.75) is 66.1 Å². The molecular weight excluding hydrogens is 352 g/mol. The van der Waals surface area contributed by atoms with Crippen molar-refractivity contribution in [1.29, 1.82) is 0 Å². The van der Waals surface area contributed by atoms with Crippen molar-refractivity contribution in [2.24, 2.45) is 10.8 Å². The number of esters is 1. The van der Waals surface area contributed by atoms with Crippen LogP contribution in [0, 0.1) is 10.8 Å². The van der Waals surface area contributed by atoms with Crippen molar-refractivity contribution in [3.05, 3.63) is 42.5 Å². The minimum Gasteiger partial charge on any atom is -0.426 e. The lowest BCUT2D eigenvalue weighted by Crippen LogP contribution is -2.47. The Kier molecular flexibility index (Phi) is 6.68. The van der Waals surface area contributed by atoms with Gasteiger partial charge >= 0.3 is 5.97 Å². The number of hydrogen-bond acceptors (Lipinski definition) is 3. The molecule has 2 nitrogen and oxygen atoms in total. The molecule has 0 aliphatic carbocycles. The summed E-state index contributed by atoms with van der Waals surface area (Å²) in [5, 5.41) is 2.23. The minimum atomic E-state index is -0.570. The van der Waals surface area contributed by atoms with E-state index in [1.165, 1.54) is 0 Å². The molecule has 0 fully saturated rings. The second-order valence-electron chi connectivity index (χ2n) is 8.84. The van der Waals surface area contributed by atoms with Gasteiger partial charge < -0.3 is 4.74 Å². The monoisotopic (exact) mass is 386 g/mol. The van der Waals surface area contributed by atoms with Crippen LogP contribution in [0.4, 0.5) is 0 Å². The van der Waals surface area contributed by atoms with Gasteiger partial charge in [0.15, 0.2) is 0 Å². The summed E-state index contributed by atoms with van der Waals surface area (Å²) in [5.74, 6) is 1.53. The molecule has 0 saturated heterocycles. The second-order valence-corrected chi connectivity index (χ2v) is 10.8. The highest BCUT2D eigenvalue weighted by Crippen LogP contribution is 2.50. The molecule has 148 valence electrons. The number of fused-ring (bicyclic) bond motifs is 1. The molecule has 0 N–H and O–H groups in total. The molecule has 0 aliphatic heterocycles. The predicted molar refractivity (Wildman–Crippen MR) is 119 cm³/mol. The SMILES string of the molecule is CCSC(C)(C)CC(C)(C(=O)Oc1ccc2ccccc2c1)C(C)(C)CC. The fraction of sp³-hybridized carbons (Fsp3) is 0.542. The van der Waals surface area contributed by atoms with Crippen LogP contribution < -0.4 is 4.74 Å². The molecule has 0 heterocycles. The maximum atomic E-state index is 13.4. The largest absolute Gasteiger partial charge is 0.426 e. The highest BCUT2D eigenvalue weighted by atomic mass is 32.2. The van der Waals surface area contributed by atoms with Crippen LogP contribution in [-0.4, -0.2) is 16.5 Å². The molecule has 0 amide bonds. The lowest BCUT2D eigenvalue weighted by molar-refractivity contribution is -0.153. The van der Waals surface area contributed by atoms with Gasteiger partial charge in [0.25, 0.3) is 0 Å². The zero-order chi connectivity index (χ0) is 20.3.